The molecule has 0 saturated heterocycles. The number of halogens is 1. The van der Waals surface area contributed by atoms with Crippen LogP contribution < -0.4 is 5.32 Å². The predicted molar refractivity (Wildman–Crippen MR) is 96.6 cm³/mol. The fourth-order valence-electron chi connectivity index (χ4n) is 4.25. The number of rotatable bonds is 4. The SMILES string of the molecule is Cc1ccc(-n2nc(C(=O)NC3(C(=O)O)CCCC3)c3c2CCC3)c(F)c1. The van der Waals surface area contributed by atoms with Crippen LogP contribution in [0.5, 0.6) is 0 Å². The average molecular weight is 371 g/mol. The minimum Gasteiger partial charge on any atom is -0.480 e. The number of carbonyl (C=O) groups is 2. The summed E-state index contributed by atoms with van der Waals surface area (Å²) < 4.78 is 16.0. The van der Waals surface area contributed by atoms with Gasteiger partial charge in [-0.25, -0.2) is 13.9 Å². The van der Waals surface area contributed by atoms with Crippen molar-refractivity contribution in [2.75, 3.05) is 0 Å². The summed E-state index contributed by atoms with van der Waals surface area (Å²) in [7, 11) is 0. The van der Waals surface area contributed by atoms with Crippen LogP contribution in [0.1, 0.15) is 59.4 Å². The molecule has 4 rings (SSSR count). The number of carboxylic acids is 1. The molecule has 1 fully saturated rings. The van der Waals surface area contributed by atoms with E-state index in [0.717, 1.165) is 36.1 Å². The zero-order valence-corrected chi connectivity index (χ0v) is 15.2. The Morgan fingerprint density at radius 1 is 1.22 bits per heavy atom. The van der Waals surface area contributed by atoms with E-state index >= 15 is 0 Å². The molecule has 1 saturated carbocycles. The van der Waals surface area contributed by atoms with Crippen molar-refractivity contribution in [2.24, 2.45) is 0 Å². The summed E-state index contributed by atoms with van der Waals surface area (Å²) in [5.74, 6) is -1.88. The highest BCUT2D eigenvalue weighted by Gasteiger charge is 2.43. The normalized spacial score (nSPS) is 17.7. The monoisotopic (exact) mass is 371 g/mol. The lowest BCUT2D eigenvalue weighted by Crippen LogP contribution is -2.52. The van der Waals surface area contributed by atoms with Crippen molar-refractivity contribution in [3.63, 3.8) is 0 Å². The number of nitrogens with zero attached hydrogens (tertiary/aromatic N) is 2. The number of carbonyl (C=O) groups excluding carboxylic acids is 1. The smallest absolute Gasteiger partial charge is 0.329 e. The lowest BCUT2D eigenvalue weighted by atomic mass is 9.97. The average Bonchev–Trinajstić information content (AvgIpc) is 3.31. The molecule has 0 atom stereocenters. The molecule has 2 aromatic rings. The number of fused-ring (bicyclic) bond motifs is 1. The van der Waals surface area contributed by atoms with Gasteiger partial charge in [-0.2, -0.15) is 5.10 Å². The quantitative estimate of drug-likeness (QED) is 0.865. The number of amides is 1. The van der Waals surface area contributed by atoms with Crippen LogP contribution >= 0.6 is 0 Å². The van der Waals surface area contributed by atoms with Crippen LogP contribution in [-0.4, -0.2) is 32.3 Å². The molecule has 142 valence electrons. The maximum Gasteiger partial charge on any atom is 0.329 e. The molecule has 0 unspecified atom stereocenters. The minimum absolute atomic E-state index is 0.218. The van der Waals surface area contributed by atoms with Crippen molar-refractivity contribution in [3.05, 3.63) is 46.5 Å². The van der Waals surface area contributed by atoms with Crippen molar-refractivity contribution < 1.29 is 19.1 Å². The van der Waals surface area contributed by atoms with Crippen molar-refractivity contribution in [3.8, 4) is 5.69 Å². The van der Waals surface area contributed by atoms with Crippen LogP contribution in [0.2, 0.25) is 0 Å². The van der Waals surface area contributed by atoms with Crippen molar-refractivity contribution in [1.29, 1.82) is 0 Å². The second-order valence-corrected chi connectivity index (χ2v) is 7.54. The molecule has 0 aliphatic heterocycles. The largest absolute Gasteiger partial charge is 0.480 e. The van der Waals surface area contributed by atoms with E-state index in [9.17, 15) is 19.1 Å². The third kappa shape index (κ3) is 2.91. The fourth-order valence-corrected chi connectivity index (χ4v) is 4.25. The van der Waals surface area contributed by atoms with Gasteiger partial charge in [0.1, 0.15) is 17.0 Å². The molecule has 1 amide bonds. The lowest BCUT2D eigenvalue weighted by molar-refractivity contribution is -0.144. The Labute approximate surface area is 156 Å². The third-order valence-electron chi connectivity index (χ3n) is 5.70. The van der Waals surface area contributed by atoms with Gasteiger partial charge in [0.2, 0.25) is 0 Å². The van der Waals surface area contributed by atoms with Gasteiger partial charge < -0.3 is 10.4 Å². The molecule has 0 radical (unpaired) electrons. The molecular formula is C20H22FN3O3. The number of hydrogen-bond donors (Lipinski definition) is 2. The molecule has 6 nitrogen and oxygen atoms in total. The highest BCUT2D eigenvalue weighted by atomic mass is 19.1. The highest BCUT2D eigenvalue weighted by molar-refractivity contribution is 5.98. The molecule has 1 aromatic carbocycles. The summed E-state index contributed by atoms with van der Waals surface area (Å²) >= 11 is 0. The Morgan fingerprint density at radius 2 is 1.96 bits per heavy atom. The van der Waals surface area contributed by atoms with Crippen LogP contribution in [0.25, 0.3) is 5.69 Å². The van der Waals surface area contributed by atoms with E-state index in [1.54, 1.807) is 12.1 Å². The van der Waals surface area contributed by atoms with Crippen LogP contribution in [-0.2, 0) is 17.6 Å². The predicted octanol–water partition coefficient (Wildman–Crippen LogP) is 2.94. The summed E-state index contributed by atoms with van der Waals surface area (Å²) in [4.78, 5) is 24.6. The van der Waals surface area contributed by atoms with Crippen molar-refractivity contribution in [1.82, 2.24) is 15.1 Å². The number of nitrogens with one attached hydrogen (secondary N) is 1. The minimum atomic E-state index is -1.22. The lowest BCUT2D eigenvalue weighted by Gasteiger charge is -2.24. The number of hydrogen-bond acceptors (Lipinski definition) is 3. The van der Waals surface area contributed by atoms with Crippen LogP contribution in [0.4, 0.5) is 4.39 Å². The third-order valence-corrected chi connectivity index (χ3v) is 5.70. The molecule has 2 aliphatic rings. The summed E-state index contributed by atoms with van der Waals surface area (Å²) in [5.41, 5.74) is 1.75. The van der Waals surface area contributed by atoms with Gasteiger partial charge in [0.15, 0.2) is 5.69 Å². The first kappa shape index (κ1) is 17.7. The molecule has 1 aromatic heterocycles. The second-order valence-electron chi connectivity index (χ2n) is 7.54. The molecular weight excluding hydrogens is 349 g/mol. The Balaban J connectivity index is 1.72. The number of carboxylic acid groups (broad SMARTS) is 1. The molecule has 1 heterocycles. The summed E-state index contributed by atoms with van der Waals surface area (Å²) in [5, 5.41) is 16.7. The van der Waals surface area contributed by atoms with Gasteiger partial charge in [-0.15, -0.1) is 0 Å². The standard InChI is InChI=1S/C20H22FN3O3/c1-12-7-8-16(14(21)11-12)24-15-6-4-5-13(15)17(23-24)18(25)22-20(19(26)27)9-2-3-10-20/h7-8,11H,2-6,9-10H2,1H3,(H,22,25)(H,26,27). The number of aryl methyl sites for hydroxylation is 1. The van der Waals surface area contributed by atoms with E-state index in [1.807, 2.05) is 6.92 Å². The molecule has 7 heteroatoms. The first-order valence-corrected chi connectivity index (χ1v) is 9.34. The van der Waals surface area contributed by atoms with E-state index in [1.165, 1.54) is 10.7 Å². The zero-order valence-electron chi connectivity index (χ0n) is 15.2. The van der Waals surface area contributed by atoms with E-state index in [0.29, 0.717) is 31.4 Å². The number of aliphatic carboxylic acids is 1. The number of aromatic nitrogens is 2. The Bertz CT molecular complexity index is 929. The second kappa shape index (κ2) is 6.48. The van der Waals surface area contributed by atoms with Gasteiger partial charge in [0.25, 0.3) is 5.91 Å². The van der Waals surface area contributed by atoms with Gasteiger partial charge >= 0.3 is 5.97 Å². The van der Waals surface area contributed by atoms with E-state index in [2.05, 4.69) is 10.4 Å². The summed E-state index contributed by atoms with van der Waals surface area (Å²) in [6, 6.07) is 4.91. The van der Waals surface area contributed by atoms with Crippen molar-refractivity contribution in [2.45, 2.75) is 57.4 Å². The van der Waals surface area contributed by atoms with Gasteiger partial charge in [-0.1, -0.05) is 18.9 Å². The highest BCUT2D eigenvalue weighted by Crippen LogP contribution is 2.32. The Morgan fingerprint density at radius 3 is 2.63 bits per heavy atom. The first-order chi connectivity index (χ1) is 12.9. The maximum atomic E-state index is 14.5. The fraction of sp³-hybridized carbons (Fsp3) is 0.450. The van der Waals surface area contributed by atoms with E-state index in [-0.39, 0.29) is 5.69 Å². The van der Waals surface area contributed by atoms with Gasteiger partial charge in [-0.05, 0) is 56.7 Å². The van der Waals surface area contributed by atoms with Gasteiger partial charge in [0, 0.05) is 11.3 Å². The topological polar surface area (TPSA) is 84.2 Å². The Kier molecular flexibility index (Phi) is 4.25. The summed E-state index contributed by atoms with van der Waals surface area (Å²) in [6.45, 7) is 1.81. The van der Waals surface area contributed by atoms with Gasteiger partial charge in [0.05, 0.1) is 0 Å². The zero-order chi connectivity index (χ0) is 19.2. The number of benzene rings is 1. The van der Waals surface area contributed by atoms with E-state index < -0.39 is 23.2 Å². The molecule has 0 bridgehead atoms. The first-order valence-electron chi connectivity index (χ1n) is 9.34. The Hall–Kier alpha value is -2.70. The summed E-state index contributed by atoms with van der Waals surface area (Å²) in [6.07, 6.45) is 4.65. The van der Waals surface area contributed by atoms with Gasteiger partial charge in [-0.3, -0.25) is 4.79 Å². The van der Waals surface area contributed by atoms with Crippen LogP contribution in [0.15, 0.2) is 18.2 Å². The maximum absolute atomic E-state index is 14.5. The molecule has 0 spiro atoms. The molecule has 2 aliphatic carbocycles. The van der Waals surface area contributed by atoms with Crippen LogP contribution in [0, 0.1) is 12.7 Å². The molecule has 2 N–H and O–H groups in total. The van der Waals surface area contributed by atoms with Crippen LogP contribution in [0.3, 0.4) is 0 Å². The molecule has 27 heavy (non-hydrogen) atoms. The van der Waals surface area contributed by atoms with E-state index in [4.69, 9.17) is 0 Å². The van der Waals surface area contributed by atoms with Crippen molar-refractivity contribution >= 4 is 11.9 Å².